The van der Waals surface area contributed by atoms with E-state index >= 15 is 0 Å². The maximum absolute atomic E-state index is 11.4. The first-order valence-electron chi connectivity index (χ1n) is 8.05. The zero-order valence-corrected chi connectivity index (χ0v) is 14.0. The Kier molecular flexibility index (Phi) is 6.21. The summed E-state index contributed by atoms with van der Waals surface area (Å²) in [5.74, 6) is 1.15. The predicted molar refractivity (Wildman–Crippen MR) is 92.8 cm³/mol. The van der Waals surface area contributed by atoms with Crippen LogP contribution in [0.5, 0.6) is 5.75 Å². The van der Waals surface area contributed by atoms with E-state index in [0.717, 1.165) is 23.5 Å². The zero-order chi connectivity index (χ0) is 16.7. The second kappa shape index (κ2) is 8.37. The number of hydrogen-bond acceptors (Lipinski definition) is 3. The number of methoxy groups -OCH3 is 1. The van der Waals surface area contributed by atoms with Gasteiger partial charge in [0.05, 0.1) is 19.3 Å². The molecule has 0 aliphatic rings. The van der Waals surface area contributed by atoms with Gasteiger partial charge in [0, 0.05) is 0 Å². The van der Waals surface area contributed by atoms with E-state index in [1.54, 1.807) is 12.1 Å². The van der Waals surface area contributed by atoms with E-state index in [1.807, 2.05) is 36.4 Å². The van der Waals surface area contributed by atoms with Crippen LogP contribution in [0.15, 0.2) is 48.5 Å². The van der Waals surface area contributed by atoms with Crippen LogP contribution in [0.1, 0.15) is 37.0 Å². The Morgan fingerprint density at radius 2 is 1.57 bits per heavy atom. The van der Waals surface area contributed by atoms with Crippen molar-refractivity contribution >= 4 is 5.97 Å². The van der Waals surface area contributed by atoms with Crippen LogP contribution >= 0.6 is 0 Å². The molecule has 0 fully saturated rings. The van der Waals surface area contributed by atoms with E-state index in [0.29, 0.717) is 11.5 Å². The lowest BCUT2D eigenvalue weighted by Crippen LogP contribution is -2.07. The monoisotopic (exact) mass is 312 g/mol. The molecule has 2 aromatic rings. The van der Waals surface area contributed by atoms with Crippen molar-refractivity contribution in [2.75, 3.05) is 13.7 Å². The molecule has 1 atom stereocenters. The third-order valence-corrected chi connectivity index (χ3v) is 3.81. The van der Waals surface area contributed by atoms with Crippen molar-refractivity contribution in [1.82, 2.24) is 0 Å². The van der Waals surface area contributed by atoms with Gasteiger partial charge in [-0.1, -0.05) is 44.5 Å². The van der Waals surface area contributed by atoms with Gasteiger partial charge in [-0.2, -0.15) is 0 Å². The van der Waals surface area contributed by atoms with Crippen molar-refractivity contribution in [1.29, 1.82) is 0 Å². The molecule has 0 aromatic heterocycles. The number of esters is 1. The van der Waals surface area contributed by atoms with Crippen molar-refractivity contribution in [2.24, 2.45) is 5.92 Å². The van der Waals surface area contributed by atoms with Crippen LogP contribution in [0, 0.1) is 5.92 Å². The Morgan fingerprint density at radius 1 is 1.00 bits per heavy atom. The zero-order valence-electron chi connectivity index (χ0n) is 14.0. The van der Waals surface area contributed by atoms with Gasteiger partial charge < -0.3 is 9.47 Å². The highest BCUT2D eigenvalue weighted by Crippen LogP contribution is 2.23. The molecule has 0 spiro atoms. The SMILES string of the molecule is CCCC(C)COc1ccc(-c2ccc(C(=O)OC)cc2)cc1. The van der Waals surface area contributed by atoms with Crippen LogP contribution in [0.25, 0.3) is 11.1 Å². The first kappa shape index (κ1) is 17.1. The molecule has 23 heavy (non-hydrogen) atoms. The van der Waals surface area contributed by atoms with Crippen molar-refractivity contribution < 1.29 is 14.3 Å². The van der Waals surface area contributed by atoms with Gasteiger partial charge >= 0.3 is 5.97 Å². The van der Waals surface area contributed by atoms with Gasteiger partial charge in [0.15, 0.2) is 0 Å². The maximum Gasteiger partial charge on any atom is 0.337 e. The predicted octanol–water partition coefficient (Wildman–Crippen LogP) is 4.96. The molecule has 0 heterocycles. The Morgan fingerprint density at radius 3 is 2.09 bits per heavy atom. The molecule has 0 bridgehead atoms. The lowest BCUT2D eigenvalue weighted by molar-refractivity contribution is 0.0601. The lowest BCUT2D eigenvalue weighted by atomic mass is 10.0. The lowest BCUT2D eigenvalue weighted by Gasteiger charge is -2.12. The summed E-state index contributed by atoms with van der Waals surface area (Å²) < 4.78 is 10.5. The van der Waals surface area contributed by atoms with Crippen molar-refractivity contribution in [3.05, 3.63) is 54.1 Å². The summed E-state index contributed by atoms with van der Waals surface area (Å²) in [7, 11) is 1.39. The molecule has 3 nitrogen and oxygen atoms in total. The Bertz CT molecular complexity index is 614. The molecule has 0 saturated carbocycles. The number of ether oxygens (including phenoxy) is 2. The summed E-state index contributed by atoms with van der Waals surface area (Å²) in [6, 6.07) is 15.4. The quantitative estimate of drug-likeness (QED) is 0.678. The molecule has 0 radical (unpaired) electrons. The van der Waals surface area contributed by atoms with Crippen molar-refractivity contribution in [3.8, 4) is 16.9 Å². The van der Waals surface area contributed by atoms with Crippen LogP contribution in [0.2, 0.25) is 0 Å². The second-order valence-corrected chi connectivity index (χ2v) is 5.80. The summed E-state index contributed by atoms with van der Waals surface area (Å²) in [6.07, 6.45) is 2.37. The van der Waals surface area contributed by atoms with Gasteiger partial charge in [0.1, 0.15) is 5.75 Å². The summed E-state index contributed by atoms with van der Waals surface area (Å²) in [4.78, 5) is 11.4. The summed E-state index contributed by atoms with van der Waals surface area (Å²) in [5, 5.41) is 0. The van der Waals surface area contributed by atoms with Gasteiger partial charge in [-0.25, -0.2) is 4.79 Å². The van der Waals surface area contributed by atoms with Crippen LogP contribution in [-0.2, 0) is 4.74 Å². The fraction of sp³-hybridized carbons (Fsp3) is 0.350. The molecule has 0 N–H and O–H groups in total. The first-order valence-corrected chi connectivity index (χ1v) is 8.05. The van der Waals surface area contributed by atoms with Gasteiger partial charge in [-0.3, -0.25) is 0 Å². The average molecular weight is 312 g/mol. The molecule has 2 aromatic carbocycles. The minimum atomic E-state index is -0.318. The number of hydrogen-bond donors (Lipinski definition) is 0. The van der Waals surface area contributed by atoms with Crippen LogP contribution in [0.4, 0.5) is 0 Å². The largest absolute Gasteiger partial charge is 0.493 e. The highest BCUT2D eigenvalue weighted by atomic mass is 16.5. The highest BCUT2D eigenvalue weighted by Gasteiger charge is 2.06. The number of benzene rings is 2. The molecule has 0 saturated heterocycles. The van der Waals surface area contributed by atoms with Crippen LogP contribution in [0.3, 0.4) is 0 Å². The first-order chi connectivity index (χ1) is 11.1. The van der Waals surface area contributed by atoms with E-state index in [2.05, 4.69) is 13.8 Å². The average Bonchev–Trinajstić information content (AvgIpc) is 2.60. The Labute approximate surface area is 138 Å². The van der Waals surface area contributed by atoms with Gasteiger partial charge in [-0.15, -0.1) is 0 Å². The topological polar surface area (TPSA) is 35.5 Å². The molecule has 122 valence electrons. The van der Waals surface area contributed by atoms with E-state index in [1.165, 1.54) is 20.0 Å². The fourth-order valence-corrected chi connectivity index (χ4v) is 2.47. The number of carbonyl (C=O) groups is 1. The van der Waals surface area contributed by atoms with Crippen molar-refractivity contribution in [3.63, 3.8) is 0 Å². The fourth-order valence-electron chi connectivity index (χ4n) is 2.47. The van der Waals surface area contributed by atoms with Gasteiger partial charge in [0.25, 0.3) is 0 Å². The smallest absolute Gasteiger partial charge is 0.337 e. The van der Waals surface area contributed by atoms with E-state index in [-0.39, 0.29) is 5.97 Å². The molecule has 3 heteroatoms. The summed E-state index contributed by atoms with van der Waals surface area (Å²) in [5.41, 5.74) is 2.71. The molecule has 0 aliphatic heterocycles. The third kappa shape index (κ3) is 4.85. The second-order valence-electron chi connectivity index (χ2n) is 5.80. The molecule has 0 aliphatic carbocycles. The highest BCUT2D eigenvalue weighted by molar-refractivity contribution is 5.89. The minimum absolute atomic E-state index is 0.318. The van der Waals surface area contributed by atoms with Gasteiger partial charge in [-0.05, 0) is 47.7 Å². The van der Waals surface area contributed by atoms with Crippen LogP contribution in [-0.4, -0.2) is 19.7 Å². The normalized spacial score (nSPS) is 11.8. The molecule has 1 unspecified atom stereocenters. The number of rotatable bonds is 7. The minimum Gasteiger partial charge on any atom is -0.493 e. The van der Waals surface area contributed by atoms with Gasteiger partial charge in [0.2, 0.25) is 0 Å². The Balaban J connectivity index is 2.00. The third-order valence-electron chi connectivity index (χ3n) is 3.81. The maximum atomic E-state index is 11.4. The standard InChI is InChI=1S/C20H24O3/c1-4-5-15(2)14-23-19-12-10-17(11-13-19)16-6-8-18(9-7-16)20(21)22-3/h6-13,15H,4-5,14H2,1-3H3. The van der Waals surface area contributed by atoms with E-state index in [4.69, 9.17) is 9.47 Å². The summed E-state index contributed by atoms with van der Waals surface area (Å²) in [6.45, 7) is 5.15. The molecule has 2 rings (SSSR count). The Hall–Kier alpha value is -2.29. The molecular formula is C20H24O3. The van der Waals surface area contributed by atoms with E-state index < -0.39 is 0 Å². The van der Waals surface area contributed by atoms with E-state index in [9.17, 15) is 4.79 Å². The molecular weight excluding hydrogens is 288 g/mol. The summed E-state index contributed by atoms with van der Waals surface area (Å²) >= 11 is 0. The molecule has 0 amide bonds. The number of carbonyl (C=O) groups excluding carboxylic acids is 1. The van der Waals surface area contributed by atoms with Crippen LogP contribution < -0.4 is 4.74 Å². The van der Waals surface area contributed by atoms with Crippen molar-refractivity contribution in [2.45, 2.75) is 26.7 Å².